The molecule has 4 heteroatoms. The van der Waals surface area contributed by atoms with Gasteiger partial charge in [-0.1, -0.05) is 18.0 Å². The summed E-state index contributed by atoms with van der Waals surface area (Å²) in [6.07, 6.45) is 10.0. The van der Waals surface area contributed by atoms with Gasteiger partial charge in [-0.15, -0.1) is 0 Å². The van der Waals surface area contributed by atoms with Gasteiger partial charge in [0.25, 0.3) is 0 Å². The van der Waals surface area contributed by atoms with E-state index in [-0.39, 0.29) is 0 Å². The lowest BCUT2D eigenvalue weighted by Gasteiger charge is -2.40. The van der Waals surface area contributed by atoms with Gasteiger partial charge in [0.1, 0.15) is 0 Å². The number of fused-ring (bicyclic) bond motifs is 1. The monoisotopic (exact) mass is 251 g/mol. The van der Waals surface area contributed by atoms with E-state index in [1.165, 1.54) is 32.1 Å². The van der Waals surface area contributed by atoms with Crippen molar-refractivity contribution in [3.8, 4) is 0 Å². The molecule has 92 valence electrons. The highest BCUT2D eigenvalue weighted by atomic mass is 35.5. The molecule has 2 fully saturated rings. The Morgan fingerprint density at radius 2 is 2.06 bits per heavy atom. The van der Waals surface area contributed by atoms with Crippen molar-refractivity contribution < 1.29 is 0 Å². The van der Waals surface area contributed by atoms with Crippen LogP contribution in [0.15, 0.2) is 12.4 Å². The summed E-state index contributed by atoms with van der Waals surface area (Å²) in [4.78, 5) is 6.47. The first-order valence-electron chi connectivity index (χ1n) is 6.43. The van der Waals surface area contributed by atoms with E-state index >= 15 is 0 Å². The van der Waals surface area contributed by atoms with Crippen LogP contribution in [-0.4, -0.2) is 17.6 Å². The molecule has 1 saturated carbocycles. The topological polar surface area (TPSA) is 42.1 Å². The molecule has 3 rings (SSSR count). The molecule has 2 heterocycles. The van der Waals surface area contributed by atoms with Crippen LogP contribution in [0.25, 0.3) is 0 Å². The van der Waals surface area contributed by atoms with Gasteiger partial charge in [0, 0.05) is 18.8 Å². The number of anilines is 2. The van der Waals surface area contributed by atoms with E-state index in [1.807, 2.05) is 0 Å². The molecule has 1 aromatic rings. The lowest BCUT2D eigenvalue weighted by atomic mass is 9.91. The van der Waals surface area contributed by atoms with Crippen LogP contribution < -0.4 is 10.6 Å². The average Bonchev–Trinajstić information content (AvgIpc) is 2.77. The summed E-state index contributed by atoms with van der Waals surface area (Å²) in [5.74, 6) is 0.840. The fraction of sp³-hybridized carbons (Fsp3) is 0.615. The van der Waals surface area contributed by atoms with Crippen molar-refractivity contribution >= 4 is 23.0 Å². The predicted octanol–water partition coefficient (Wildman–Crippen LogP) is 3.09. The Morgan fingerprint density at radius 3 is 2.88 bits per heavy atom. The third-order valence-electron chi connectivity index (χ3n) is 4.18. The Labute approximate surface area is 107 Å². The first-order valence-corrected chi connectivity index (χ1v) is 6.81. The lowest BCUT2D eigenvalue weighted by molar-refractivity contribution is 0.363. The number of pyridine rings is 1. The van der Waals surface area contributed by atoms with Gasteiger partial charge in [0.2, 0.25) is 0 Å². The Balaban J connectivity index is 1.97. The summed E-state index contributed by atoms with van der Waals surface area (Å²) in [6.45, 7) is 1.08. The molecule has 2 atom stereocenters. The predicted molar refractivity (Wildman–Crippen MR) is 71.4 cm³/mol. The number of nitrogen functional groups attached to an aromatic ring is 1. The second-order valence-electron chi connectivity index (χ2n) is 5.15. The van der Waals surface area contributed by atoms with E-state index in [1.54, 1.807) is 12.4 Å². The van der Waals surface area contributed by atoms with Gasteiger partial charge in [-0.25, -0.2) is 0 Å². The number of aromatic nitrogens is 1. The highest BCUT2D eigenvalue weighted by Crippen LogP contribution is 2.42. The largest absolute Gasteiger partial charge is 0.396 e. The fourth-order valence-corrected chi connectivity index (χ4v) is 3.75. The molecule has 0 aromatic carbocycles. The minimum Gasteiger partial charge on any atom is -0.396 e. The zero-order chi connectivity index (χ0) is 11.8. The van der Waals surface area contributed by atoms with Crippen LogP contribution in [0, 0.1) is 5.92 Å². The van der Waals surface area contributed by atoms with E-state index in [9.17, 15) is 0 Å². The number of piperidine rings is 1. The maximum Gasteiger partial charge on any atom is 0.0844 e. The van der Waals surface area contributed by atoms with Gasteiger partial charge in [-0.05, 0) is 31.6 Å². The summed E-state index contributed by atoms with van der Waals surface area (Å²) in [5.41, 5.74) is 7.77. The number of hydrogen-bond acceptors (Lipinski definition) is 3. The van der Waals surface area contributed by atoms with E-state index in [0.717, 1.165) is 18.2 Å². The molecular weight excluding hydrogens is 234 g/mol. The van der Waals surface area contributed by atoms with E-state index in [4.69, 9.17) is 17.3 Å². The zero-order valence-electron chi connectivity index (χ0n) is 9.90. The summed E-state index contributed by atoms with van der Waals surface area (Å²) < 4.78 is 0. The van der Waals surface area contributed by atoms with Gasteiger partial charge >= 0.3 is 0 Å². The molecule has 2 unspecified atom stereocenters. The smallest absolute Gasteiger partial charge is 0.0844 e. The van der Waals surface area contributed by atoms with Crippen molar-refractivity contribution in [3.05, 3.63) is 17.4 Å². The number of rotatable bonds is 1. The van der Waals surface area contributed by atoms with Gasteiger partial charge in [0.05, 0.1) is 22.6 Å². The molecule has 2 N–H and O–H groups in total. The Hall–Kier alpha value is -0.960. The van der Waals surface area contributed by atoms with Crippen LogP contribution in [0.3, 0.4) is 0 Å². The first-order chi connectivity index (χ1) is 8.27. The highest BCUT2D eigenvalue weighted by molar-refractivity contribution is 6.33. The molecule has 17 heavy (non-hydrogen) atoms. The average molecular weight is 252 g/mol. The molecule has 0 amide bonds. The summed E-state index contributed by atoms with van der Waals surface area (Å²) in [7, 11) is 0. The Kier molecular flexibility index (Phi) is 2.87. The molecular formula is C13H18ClN3. The lowest BCUT2D eigenvalue weighted by Crippen LogP contribution is -2.43. The Bertz CT molecular complexity index is 401. The van der Waals surface area contributed by atoms with Gasteiger partial charge < -0.3 is 10.6 Å². The zero-order valence-corrected chi connectivity index (χ0v) is 10.7. The molecule has 2 aliphatic rings. The van der Waals surface area contributed by atoms with E-state index in [0.29, 0.717) is 16.8 Å². The molecule has 1 aliphatic heterocycles. The molecule has 1 saturated heterocycles. The van der Waals surface area contributed by atoms with Crippen molar-refractivity contribution in [1.29, 1.82) is 0 Å². The molecule has 0 radical (unpaired) electrons. The second-order valence-corrected chi connectivity index (χ2v) is 5.56. The Morgan fingerprint density at radius 1 is 1.24 bits per heavy atom. The van der Waals surface area contributed by atoms with Crippen LogP contribution in [0.5, 0.6) is 0 Å². The maximum atomic E-state index is 6.27. The van der Waals surface area contributed by atoms with Crippen molar-refractivity contribution in [2.75, 3.05) is 17.2 Å². The molecule has 0 spiro atoms. The van der Waals surface area contributed by atoms with Crippen LogP contribution in [0.4, 0.5) is 11.4 Å². The third-order valence-corrected chi connectivity index (χ3v) is 4.46. The highest BCUT2D eigenvalue weighted by Gasteiger charge is 2.36. The first kappa shape index (κ1) is 11.1. The standard InChI is InChI=1S/C13H18ClN3/c14-10-7-16-8-11(15)13(10)17-6-2-4-9-3-1-5-12(9)17/h7-9,12H,1-6,15H2. The molecule has 3 nitrogen and oxygen atoms in total. The minimum atomic E-state index is 0.644. The van der Waals surface area contributed by atoms with Crippen molar-refractivity contribution in [1.82, 2.24) is 4.98 Å². The van der Waals surface area contributed by atoms with Gasteiger partial charge in [-0.3, -0.25) is 4.98 Å². The number of nitrogens with two attached hydrogens (primary N) is 1. The fourth-order valence-electron chi connectivity index (χ4n) is 3.48. The minimum absolute atomic E-state index is 0.644. The van der Waals surface area contributed by atoms with E-state index < -0.39 is 0 Å². The second kappa shape index (κ2) is 4.37. The maximum absolute atomic E-state index is 6.27. The number of hydrogen-bond donors (Lipinski definition) is 1. The quantitative estimate of drug-likeness (QED) is 0.834. The van der Waals surface area contributed by atoms with Crippen molar-refractivity contribution in [2.45, 2.75) is 38.1 Å². The normalized spacial score (nSPS) is 28.2. The van der Waals surface area contributed by atoms with Crippen LogP contribution in [0.2, 0.25) is 5.02 Å². The van der Waals surface area contributed by atoms with Crippen molar-refractivity contribution in [2.24, 2.45) is 5.92 Å². The summed E-state index contributed by atoms with van der Waals surface area (Å²) in [5, 5.41) is 0.692. The van der Waals surface area contributed by atoms with Gasteiger partial charge in [-0.2, -0.15) is 0 Å². The van der Waals surface area contributed by atoms with Crippen LogP contribution in [0.1, 0.15) is 32.1 Å². The molecule has 1 aliphatic carbocycles. The molecule has 1 aromatic heterocycles. The number of halogens is 1. The van der Waals surface area contributed by atoms with E-state index in [2.05, 4.69) is 9.88 Å². The summed E-state index contributed by atoms with van der Waals surface area (Å²) in [6, 6.07) is 0.644. The SMILES string of the molecule is Nc1cncc(Cl)c1N1CCCC2CCCC21. The number of nitrogens with zero attached hydrogens (tertiary/aromatic N) is 2. The van der Waals surface area contributed by atoms with Crippen LogP contribution in [-0.2, 0) is 0 Å². The summed E-state index contributed by atoms with van der Waals surface area (Å²) >= 11 is 6.27. The van der Waals surface area contributed by atoms with Crippen molar-refractivity contribution in [3.63, 3.8) is 0 Å². The van der Waals surface area contributed by atoms with Gasteiger partial charge in [0.15, 0.2) is 0 Å². The molecule has 0 bridgehead atoms. The van der Waals surface area contributed by atoms with Crippen LogP contribution >= 0.6 is 11.6 Å². The third kappa shape index (κ3) is 1.86.